The summed E-state index contributed by atoms with van der Waals surface area (Å²) in [6, 6.07) is 6.52. The van der Waals surface area contributed by atoms with Crippen molar-refractivity contribution in [3.8, 4) is 5.75 Å². The highest BCUT2D eigenvalue weighted by molar-refractivity contribution is 7.99. The van der Waals surface area contributed by atoms with E-state index < -0.39 is 6.04 Å². The van der Waals surface area contributed by atoms with Crippen LogP contribution in [0.4, 0.5) is 0 Å². The molecular formula is C13H18N2O2S. The Morgan fingerprint density at radius 2 is 2.22 bits per heavy atom. The maximum absolute atomic E-state index is 11.9. The quantitative estimate of drug-likeness (QED) is 0.756. The minimum Gasteiger partial charge on any atom is -0.508 e. The molecule has 0 aromatic heterocycles. The van der Waals surface area contributed by atoms with E-state index in [-0.39, 0.29) is 17.7 Å². The van der Waals surface area contributed by atoms with Gasteiger partial charge in [0.25, 0.3) is 0 Å². The monoisotopic (exact) mass is 266 g/mol. The van der Waals surface area contributed by atoms with Crippen molar-refractivity contribution >= 4 is 17.7 Å². The lowest BCUT2D eigenvalue weighted by Gasteiger charge is -2.16. The Balaban J connectivity index is 1.84. The van der Waals surface area contributed by atoms with Crippen molar-refractivity contribution in [1.82, 2.24) is 5.32 Å². The minimum atomic E-state index is -0.528. The fourth-order valence-corrected chi connectivity index (χ4v) is 3.09. The van der Waals surface area contributed by atoms with Crippen molar-refractivity contribution in [2.45, 2.75) is 24.9 Å². The highest BCUT2D eigenvalue weighted by Gasteiger charge is 2.21. The lowest BCUT2D eigenvalue weighted by molar-refractivity contribution is -0.122. The summed E-state index contributed by atoms with van der Waals surface area (Å²) in [5.41, 5.74) is 6.84. The summed E-state index contributed by atoms with van der Waals surface area (Å²) in [6.07, 6.45) is 1.52. The number of hydrogen-bond donors (Lipinski definition) is 3. The van der Waals surface area contributed by atoms with Crippen LogP contribution in [0, 0.1) is 0 Å². The Kier molecular flexibility index (Phi) is 4.49. The summed E-state index contributed by atoms with van der Waals surface area (Å²) >= 11 is 1.86. The molecule has 1 heterocycles. The van der Waals surface area contributed by atoms with Gasteiger partial charge in [0, 0.05) is 11.8 Å². The third-order valence-electron chi connectivity index (χ3n) is 3.00. The first-order valence-corrected chi connectivity index (χ1v) is 7.22. The zero-order valence-electron chi connectivity index (χ0n) is 10.1. The lowest BCUT2D eigenvalue weighted by atomic mass is 10.1. The maximum Gasteiger partial charge on any atom is 0.237 e. The largest absolute Gasteiger partial charge is 0.508 e. The average molecular weight is 266 g/mol. The Bertz CT molecular complexity index is 402. The van der Waals surface area contributed by atoms with Crippen LogP contribution in [0.5, 0.6) is 5.75 Å². The van der Waals surface area contributed by atoms with Crippen LogP contribution in [0.25, 0.3) is 0 Å². The predicted octanol–water partition coefficient (Wildman–Crippen LogP) is 0.884. The second-order valence-electron chi connectivity index (χ2n) is 4.55. The van der Waals surface area contributed by atoms with E-state index >= 15 is 0 Å². The molecule has 4 nitrogen and oxygen atoms in total. The Hall–Kier alpha value is -1.20. The van der Waals surface area contributed by atoms with Crippen LogP contribution in [0.3, 0.4) is 0 Å². The van der Waals surface area contributed by atoms with Gasteiger partial charge in [-0.05, 0) is 36.3 Å². The first-order chi connectivity index (χ1) is 8.65. The average Bonchev–Trinajstić information content (AvgIpc) is 2.85. The number of rotatable bonds is 4. The van der Waals surface area contributed by atoms with Crippen LogP contribution in [0.2, 0.25) is 0 Å². The molecule has 2 rings (SSSR count). The first-order valence-electron chi connectivity index (χ1n) is 6.07. The van der Waals surface area contributed by atoms with Gasteiger partial charge in [-0.3, -0.25) is 4.79 Å². The summed E-state index contributed by atoms with van der Waals surface area (Å²) in [7, 11) is 0. The summed E-state index contributed by atoms with van der Waals surface area (Å²) < 4.78 is 0. The number of nitrogens with two attached hydrogens (primary N) is 1. The van der Waals surface area contributed by atoms with Gasteiger partial charge in [0.15, 0.2) is 0 Å². The van der Waals surface area contributed by atoms with E-state index in [4.69, 9.17) is 5.73 Å². The van der Waals surface area contributed by atoms with Crippen LogP contribution >= 0.6 is 11.8 Å². The van der Waals surface area contributed by atoms with Crippen LogP contribution < -0.4 is 11.1 Å². The SMILES string of the molecule is N[C@@H](Cc1ccc(O)cc1)C(=O)NC1CCSC1. The van der Waals surface area contributed by atoms with Crippen LogP contribution in [-0.2, 0) is 11.2 Å². The molecule has 4 N–H and O–H groups in total. The van der Waals surface area contributed by atoms with E-state index in [0.717, 1.165) is 23.5 Å². The molecule has 0 spiro atoms. The van der Waals surface area contributed by atoms with Crippen molar-refractivity contribution in [3.05, 3.63) is 29.8 Å². The number of nitrogens with one attached hydrogen (secondary N) is 1. The van der Waals surface area contributed by atoms with E-state index in [1.54, 1.807) is 24.3 Å². The highest BCUT2D eigenvalue weighted by Crippen LogP contribution is 2.17. The fraction of sp³-hybridized carbons (Fsp3) is 0.462. The maximum atomic E-state index is 11.9. The van der Waals surface area contributed by atoms with Gasteiger partial charge >= 0.3 is 0 Å². The molecule has 98 valence electrons. The Morgan fingerprint density at radius 3 is 2.83 bits per heavy atom. The van der Waals surface area contributed by atoms with Gasteiger partial charge in [0.2, 0.25) is 5.91 Å². The van der Waals surface area contributed by atoms with Crippen molar-refractivity contribution in [2.75, 3.05) is 11.5 Å². The van der Waals surface area contributed by atoms with Gasteiger partial charge in [0.1, 0.15) is 5.75 Å². The van der Waals surface area contributed by atoms with Gasteiger partial charge in [-0.1, -0.05) is 12.1 Å². The number of carbonyl (C=O) groups is 1. The number of phenols is 1. The van der Waals surface area contributed by atoms with Gasteiger partial charge < -0.3 is 16.2 Å². The van der Waals surface area contributed by atoms with Gasteiger partial charge in [0.05, 0.1) is 6.04 Å². The molecule has 1 unspecified atom stereocenters. The van der Waals surface area contributed by atoms with Gasteiger partial charge in [-0.2, -0.15) is 11.8 Å². The third-order valence-corrected chi connectivity index (χ3v) is 4.17. The topological polar surface area (TPSA) is 75.3 Å². The van der Waals surface area contributed by atoms with Crippen molar-refractivity contribution in [3.63, 3.8) is 0 Å². The number of aromatic hydroxyl groups is 1. The molecule has 1 aliphatic heterocycles. The molecule has 1 amide bonds. The first kappa shape index (κ1) is 13.2. The number of hydrogen-bond acceptors (Lipinski definition) is 4. The van der Waals surface area contributed by atoms with E-state index in [2.05, 4.69) is 5.32 Å². The normalized spacial score (nSPS) is 20.6. The van der Waals surface area contributed by atoms with Crippen LogP contribution in [-0.4, -0.2) is 34.6 Å². The summed E-state index contributed by atoms with van der Waals surface area (Å²) in [5.74, 6) is 2.23. The molecule has 18 heavy (non-hydrogen) atoms. The molecule has 2 atom stereocenters. The summed E-state index contributed by atoms with van der Waals surface area (Å²) in [5, 5.41) is 12.2. The van der Waals surface area contributed by atoms with Crippen molar-refractivity contribution in [2.24, 2.45) is 5.73 Å². The van der Waals surface area contributed by atoms with Crippen molar-refractivity contribution < 1.29 is 9.90 Å². The highest BCUT2D eigenvalue weighted by atomic mass is 32.2. The molecule has 0 radical (unpaired) electrons. The van der Waals surface area contributed by atoms with Crippen LogP contribution in [0.15, 0.2) is 24.3 Å². The predicted molar refractivity (Wildman–Crippen MR) is 73.7 cm³/mol. The number of carbonyl (C=O) groups excluding carboxylic acids is 1. The molecule has 0 bridgehead atoms. The summed E-state index contributed by atoms with van der Waals surface area (Å²) in [4.78, 5) is 11.9. The third kappa shape index (κ3) is 3.65. The smallest absolute Gasteiger partial charge is 0.237 e. The number of amides is 1. The number of thioether (sulfide) groups is 1. The fourth-order valence-electron chi connectivity index (χ4n) is 1.94. The lowest BCUT2D eigenvalue weighted by Crippen LogP contribution is -2.46. The van der Waals surface area contributed by atoms with Gasteiger partial charge in [-0.15, -0.1) is 0 Å². The molecule has 1 saturated heterocycles. The molecule has 0 aliphatic carbocycles. The molecule has 1 aromatic carbocycles. The van der Waals surface area contributed by atoms with Gasteiger partial charge in [-0.25, -0.2) is 0 Å². The molecule has 1 aromatic rings. The van der Waals surface area contributed by atoms with Crippen molar-refractivity contribution in [1.29, 1.82) is 0 Å². The minimum absolute atomic E-state index is 0.0874. The van der Waals surface area contributed by atoms with E-state index in [9.17, 15) is 9.90 Å². The molecule has 1 aliphatic rings. The zero-order chi connectivity index (χ0) is 13.0. The standard InChI is InChI=1S/C13H18N2O2S/c14-12(7-9-1-3-11(16)4-2-9)13(17)15-10-5-6-18-8-10/h1-4,10,12,16H,5-8,14H2,(H,15,17)/t10?,12-/m0/s1. The molecular weight excluding hydrogens is 248 g/mol. The van der Waals surface area contributed by atoms with E-state index in [1.807, 2.05) is 11.8 Å². The molecule has 0 saturated carbocycles. The Morgan fingerprint density at radius 1 is 1.50 bits per heavy atom. The number of benzene rings is 1. The number of phenolic OH excluding ortho intramolecular Hbond substituents is 1. The zero-order valence-corrected chi connectivity index (χ0v) is 11.0. The Labute approximate surface area is 111 Å². The second kappa shape index (κ2) is 6.11. The van der Waals surface area contributed by atoms with Crippen LogP contribution in [0.1, 0.15) is 12.0 Å². The second-order valence-corrected chi connectivity index (χ2v) is 5.70. The van der Waals surface area contributed by atoms with E-state index in [1.165, 1.54) is 0 Å². The van der Waals surface area contributed by atoms with E-state index in [0.29, 0.717) is 6.42 Å². The summed E-state index contributed by atoms with van der Waals surface area (Å²) in [6.45, 7) is 0. The molecule has 5 heteroatoms. The molecule has 1 fully saturated rings.